The summed E-state index contributed by atoms with van der Waals surface area (Å²) in [5, 5.41) is 3.45. The Balaban J connectivity index is 2.07. The van der Waals surface area contributed by atoms with E-state index in [4.69, 9.17) is 10.5 Å². The molecule has 0 aromatic rings. The van der Waals surface area contributed by atoms with Crippen molar-refractivity contribution in [2.24, 2.45) is 5.73 Å². The summed E-state index contributed by atoms with van der Waals surface area (Å²) in [7, 11) is 0. The number of nitrogens with one attached hydrogen (secondary N) is 1. The summed E-state index contributed by atoms with van der Waals surface area (Å²) in [4.78, 5) is 26.0. The van der Waals surface area contributed by atoms with Gasteiger partial charge in [-0.3, -0.25) is 10.1 Å². The molecular weight excluding hydrogens is 282 g/mol. The van der Waals surface area contributed by atoms with Gasteiger partial charge in [-0.05, 0) is 46.5 Å². The minimum atomic E-state index is -0.815. The van der Waals surface area contributed by atoms with Gasteiger partial charge >= 0.3 is 6.09 Å². The predicted molar refractivity (Wildman–Crippen MR) is 84.4 cm³/mol. The van der Waals surface area contributed by atoms with Crippen LogP contribution in [0.1, 0.15) is 59.3 Å². The van der Waals surface area contributed by atoms with Crippen LogP contribution in [0.4, 0.5) is 4.79 Å². The Hall–Kier alpha value is -1.30. The Bertz CT molecular complexity index is 427. The first-order valence-electron chi connectivity index (χ1n) is 8.27. The molecule has 6 nitrogen and oxygen atoms in total. The topological polar surface area (TPSA) is 84.7 Å². The number of hydrogen-bond acceptors (Lipinski definition) is 4. The van der Waals surface area contributed by atoms with E-state index in [2.05, 4.69) is 5.32 Å². The van der Waals surface area contributed by atoms with E-state index in [0.29, 0.717) is 25.6 Å². The first-order chi connectivity index (χ1) is 10.2. The van der Waals surface area contributed by atoms with Gasteiger partial charge in [0, 0.05) is 12.6 Å². The monoisotopic (exact) mass is 311 g/mol. The van der Waals surface area contributed by atoms with E-state index >= 15 is 0 Å². The van der Waals surface area contributed by atoms with Crippen LogP contribution in [0.15, 0.2) is 0 Å². The fraction of sp³-hybridized carbons (Fsp3) is 0.875. The zero-order valence-corrected chi connectivity index (χ0v) is 14.0. The van der Waals surface area contributed by atoms with Crippen molar-refractivity contribution < 1.29 is 14.3 Å². The second-order valence-corrected chi connectivity index (χ2v) is 7.58. The molecule has 1 heterocycles. The first kappa shape index (κ1) is 17.1. The molecule has 0 aromatic carbocycles. The standard InChI is InChI=1S/C16H29N3O3/c1-15(2,3)22-14(21)19-10-6-9-16(11-19,13(17)20)18-12-7-4-5-8-12/h12,18H,4-11H2,1-3H3,(H2,17,20). The van der Waals surface area contributed by atoms with Crippen LogP contribution in [0.25, 0.3) is 0 Å². The van der Waals surface area contributed by atoms with Crippen molar-refractivity contribution in [3.8, 4) is 0 Å². The zero-order valence-electron chi connectivity index (χ0n) is 14.0. The Morgan fingerprint density at radius 3 is 2.41 bits per heavy atom. The summed E-state index contributed by atoms with van der Waals surface area (Å²) < 4.78 is 5.43. The van der Waals surface area contributed by atoms with Crippen molar-refractivity contribution in [2.45, 2.75) is 76.5 Å². The van der Waals surface area contributed by atoms with E-state index in [1.54, 1.807) is 4.90 Å². The van der Waals surface area contributed by atoms with E-state index in [1.807, 2.05) is 20.8 Å². The highest BCUT2D eigenvalue weighted by Crippen LogP contribution is 2.27. The molecule has 1 saturated heterocycles. The summed E-state index contributed by atoms with van der Waals surface area (Å²) in [6, 6.07) is 0.325. The normalized spacial score (nSPS) is 27.0. The van der Waals surface area contributed by atoms with Gasteiger partial charge in [0.2, 0.25) is 5.91 Å². The van der Waals surface area contributed by atoms with Crippen molar-refractivity contribution in [1.29, 1.82) is 0 Å². The minimum Gasteiger partial charge on any atom is -0.444 e. The van der Waals surface area contributed by atoms with Gasteiger partial charge in [0.05, 0.1) is 6.54 Å². The van der Waals surface area contributed by atoms with Gasteiger partial charge in [-0.2, -0.15) is 0 Å². The van der Waals surface area contributed by atoms with Crippen LogP contribution in [0, 0.1) is 0 Å². The third-order valence-corrected chi connectivity index (χ3v) is 4.45. The van der Waals surface area contributed by atoms with Crippen LogP contribution in [-0.4, -0.2) is 47.2 Å². The number of ether oxygens (including phenoxy) is 1. The molecule has 1 aliphatic carbocycles. The number of carbonyl (C=O) groups is 2. The van der Waals surface area contributed by atoms with Gasteiger partial charge in [0.15, 0.2) is 0 Å². The molecule has 2 rings (SSSR count). The van der Waals surface area contributed by atoms with E-state index in [9.17, 15) is 9.59 Å². The maximum Gasteiger partial charge on any atom is 0.410 e. The molecule has 1 aliphatic heterocycles. The third-order valence-electron chi connectivity index (χ3n) is 4.45. The minimum absolute atomic E-state index is 0.299. The van der Waals surface area contributed by atoms with E-state index in [-0.39, 0.29) is 12.0 Å². The fourth-order valence-corrected chi connectivity index (χ4v) is 3.39. The summed E-state index contributed by atoms with van der Waals surface area (Å²) in [6.07, 6.45) is 5.57. The fourth-order valence-electron chi connectivity index (χ4n) is 3.39. The molecule has 3 N–H and O–H groups in total. The largest absolute Gasteiger partial charge is 0.444 e. The number of piperidine rings is 1. The van der Waals surface area contributed by atoms with E-state index in [0.717, 1.165) is 19.3 Å². The van der Waals surface area contributed by atoms with Gasteiger partial charge < -0.3 is 15.4 Å². The molecule has 1 unspecified atom stereocenters. The SMILES string of the molecule is CC(C)(C)OC(=O)N1CCCC(NC2CCCC2)(C(N)=O)C1. The number of primary amides is 1. The molecule has 6 heteroatoms. The lowest BCUT2D eigenvalue weighted by atomic mass is 9.87. The lowest BCUT2D eigenvalue weighted by Crippen LogP contribution is -2.66. The maximum absolute atomic E-state index is 12.3. The van der Waals surface area contributed by atoms with Gasteiger partial charge in [-0.1, -0.05) is 12.8 Å². The molecule has 2 fully saturated rings. The first-order valence-corrected chi connectivity index (χ1v) is 8.27. The molecule has 22 heavy (non-hydrogen) atoms. The zero-order chi connectivity index (χ0) is 16.4. The quantitative estimate of drug-likeness (QED) is 0.832. The molecule has 1 saturated carbocycles. The van der Waals surface area contributed by atoms with Crippen LogP contribution in [-0.2, 0) is 9.53 Å². The number of likely N-dealkylation sites (tertiary alicyclic amines) is 1. The summed E-state index contributed by atoms with van der Waals surface area (Å²) >= 11 is 0. The van der Waals surface area contributed by atoms with Crippen LogP contribution in [0.5, 0.6) is 0 Å². The van der Waals surface area contributed by atoms with Gasteiger partial charge in [0.25, 0.3) is 0 Å². The Morgan fingerprint density at radius 1 is 1.23 bits per heavy atom. The van der Waals surface area contributed by atoms with Crippen LogP contribution in [0.3, 0.4) is 0 Å². The third kappa shape index (κ3) is 4.12. The molecule has 126 valence electrons. The number of nitrogens with two attached hydrogens (primary N) is 1. The Morgan fingerprint density at radius 2 is 1.86 bits per heavy atom. The molecule has 0 aromatic heterocycles. The molecule has 1 atom stereocenters. The van der Waals surface area contributed by atoms with Gasteiger partial charge in [-0.25, -0.2) is 4.79 Å². The van der Waals surface area contributed by atoms with Crippen molar-refractivity contribution in [2.75, 3.05) is 13.1 Å². The van der Waals surface area contributed by atoms with Crippen molar-refractivity contribution in [3.63, 3.8) is 0 Å². The average molecular weight is 311 g/mol. The predicted octanol–water partition coefficient (Wildman–Crippen LogP) is 1.77. The maximum atomic E-state index is 12.3. The Kier molecular flexibility index (Phi) is 5.00. The Labute approximate surface area is 132 Å². The average Bonchev–Trinajstić information content (AvgIpc) is 2.89. The molecule has 2 amide bonds. The molecule has 0 bridgehead atoms. The lowest BCUT2D eigenvalue weighted by molar-refractivity contribution is -0.127. The van der Waals surface area contributed by atoms with Gasteiger partial charge in [-0.15, -0.1) is 0 Å². The lowest BCUT2D eigenvalue weighted by Gasteiger charge is -2.42. The van der Waals surface area contributed by atoms with Crippen LogP contribution in [0.2, 0.25) is 0 Å². The van der Waals surface area contributed by atoms with E-state index in [1.165, 1.54) is 12.8 Å². The van der Waals surface area contributed by atoms with Crippen molar-refractivity contribution in [1.82, 2.24) is 10.2 Å². The smallest absolute Gasteiger partial charge is 0.410 e. The number of rotatable bonds is 3. The highest BCUT2D eigenvalue weighted by Gasteiger charge is 2.44. The van der Waals surface area contributed by atoms with Gasteiger partial charge in [0.1, 0.15) is 11.1 Å². The second-order valence-electron chi connectivity index (χ2n) is 7.58. The summed E-state index contributed by atoms with van der Waals surface area (Å²) in [5.41, 5.74) is 4.34. The second kappa shape index (κ2) is 6.44. The molecular formula is C16H29N3O3. The summed E-state index contributed by atoms with van der Waals surface area (Å²) in [5.74, 6) is -0.368. The highest BCUT2D eigenvalue weighted by molar-refractivity contribution is 5.86. The van der Waals surface area contributed by atoms with Crippen LogP contribution >= 0.6 is 0 Å². The van der Waals surface area contributed by atoms with Crippen molar-refractivity contribution >= 4 is 12.0 Å². The number of hydrogen-bond donors (Lipinski definition) is 2. The van der Waals surface area contributed by atoms with E-state index < -0.39 is 11.1 Å². The van der Waals surface area contributed by atoms with Crippen molar-refractivity contribution in [3.05, 3.63) is 0 Å². The summed E-state index contributed by atoms with van der Waals surface area (Å²) in [6.45, 7) is 6.43. The highest BCUT2D eigenvalue weighted by atomic mass is 16.6. The number of carbonyl (C=O) groups excluding carboxylic acids is 2. The van der Waals surface area contributed by atoms with Crippen LogP contribution < -0.4 is 11.1 Å². The molecule has 0 radical (unpaired) electrons. The number of amides is 2. The molecule has 2 aliphatic rings. The molecule has 0 spiro atoms. The number of nitrogens with zero attached hydrogens (tertiary/aromatic N) is 1.